The predicted molar refractivity (Wildman–Crippen MR) is 97.8 cm³/mol. The van der Waals surface area contributed by atoms with Gasteiger partial charge in [0.25, 0.3) is 0 Å². The molecule has 0 unspecified atom stereocenters. The Kier molecular flexibility index (Phi) is 4.36. The lowest BCUT2D eigenvalue weighted by molar-refractivity contribution is -0.216. The Morgan fingerprint density at radius 2 is 1.93 bits per heavy atom. The summed E-state index contributed by atoms with van der Waals surface area (Å²) in [6, 6.07) is 4.02. The standard InChI is InChI=1S/C20H24F2N2O3/c1-12-7-16(14-8-13(21)9-15(22)18(14)23-12)24-5-3-20(4-6-24)11-19(2,26)17(25)10-27-20/h7-9,17,25-26H,3-6,10-11H2,1-2H3/t17-,19-/m0/s1. The largest absolute Gasteiger partial charge is 0.388 e. The Balaban J connectivity index is 1.62. The molecule has 1 spiro atoms. The maximum absolute atomic E-state index is 14.2. The van der Waals surface area contributed by atoms with E-state index in [0.29, 0.717) is 43.4 Å². The number of aliphatic hydroxyl groups is 2. The SMILES string of the molecule is Cc1cc(N2CCC3(CC2)C[C@](C)(O)[C@@H](O)CO3)c2cc(F)cc(F)c2n1. The minimum absolute atomic E-state index is 0.112. The highest BCUT2D eigenvalue weighted by Gasteiger charge is 2.48. The smallest absolute Gasteiger partial charge is 0.152 e. The Labute approximate surface area is 156 Å². The number of aryl methyl sites for hydroxylation is 1. The van der Waals surface area contributed by atoms with Gasteiger partial charge >= 0.3 is 0 Å². The molecule has 27 heavy (non-hydrogen) atoms. The van der Waals surface area contributed by atoms with Crippen molar-refractivity contribution in [3.63, 3.8) is 0 Å². The third-order valence-electron chi connectivity index (χ3n) is 5.90. The van der Waals surface area contributed by atoms with Crippen LogP contribution in [0.4, 0.5) is 14.5 Å². The van der Waals surface area contributed by atoms with Crippen molar-refractivity contribution in [1.29, 1.82) is 0 Å². The number of anilines is 1. The fraction of sp³-hybridized carbons (Fsp3) is 0.550. The summed E-state index contributed by atoms with van der Waals surface area (Å²) in [5.41, 5.74) is -0.0523. The summed E-state index contributed by atoms with van der Waals surface area (Å²) < 4.78 is 33.9. The Morgan fingerprint density at radius 3 is 2.59 bits per heavy atom. The number of aromatic nitrogens is 1. The zero-order valence-corrected chi connectivity index (χ0v) is 15.5. The molecule has 0 aliphatic carbocycles. The maximum atomic E-state index is 14.2. The fourth-order valence-corrected chi connectivity index (χ4v) is 4.35. The van der Waals surface area contributed by atoms with E-state index in [4.69, 9.17) is 4.74 Å². The lowest BCUT2D eigenvalue weighted by Crippen LogP contribution is -2.59. The monoisotopic (exact) mass is 378 g/mol. The summed E-state index contributed by atoms with van der Waals surface area (Å²) in [5.74, 6) is -1.29. The molecule has 2 N–H and O–H groups in total. The van der Waals surface area contributed by atoms with E-state index in [-0.39, 0.29) is 12.1 Å². The van der Waals surface area contributed by atoms with Crippen molar-refractivity contribution in [3.05, 3.63) is 35.5 Å². The summed E-state index contributed by atoms with van der Waals surface area (Å²) in [5, 5.41) is 20.8. The molecular formula is C20H24F2N2O3. The van der Waals surface area contributed by atoms with Gasteiger partial charge in [-0.05, 0) is 38.8 Å². The van der Waals surface area contributed by atoms with Gasteiger partial charge in [-0.15, -0.1) is 0 Å². The van der Waals surface area contributed by atoms with Gasteiger partial charge in [0.15, 0.2) is 5.82 Å². The van der Waals surface area contributed by atoms with Gasteiger partial charge < -0.3 is 19.8 Å². The number of piperidine rings is 1. The fourth-order valence-electron chi connectivity index (χ4n) is 4.35. The highest BCUT2D eigenvalue weighted by atomic mass is 19.1. The third kappa shape index (κ3) is 3.28. The topological polar surface area (TPSA) is 65.8 Å². The van der Waals surface area contributed by atoms with Crippen molar-refractivity contribution in [3.8, 4) is 0 Å². The number of aliphatic hydroxyl groups excluding tert-OH is 1. The molecule has 2 fully saturated rings. The van der Waals surface area contributed by atoms with Gasteiger partial charge in [0.1, 0.15) is 17.4 Å². The number of pyridine rings is 1. The van der Waals surface area contributed by atoms with E-state index >= 15 is 0 Å². The Bertz CT molecular complexity index is 879. The summed E-state index contributed by atoms with van der Waals surface area (Å²) in [6.07, 6.45) is 0.806. The lowest BCUT2D eigenvalue weighted by Gasteiger charge is -2.50. The van der Waals surface area contributed by atoms with E-state index in [1.54, 1.807) is 13.8 Å². The molecule has 4 rings (SSSR count). The molecule has 1 aromatic heterocycles. The van der Waals surface area contributed by atoms with Gasteiger partial charge in [-0.25, -0.2) is 13.8 Å². The molecule has 2 atom stereocenters. The minimum Gasteiger partial charge on any atom is -0.388 e. The minimum atomic E-state index is -1.17. The first kappa shape index (κ1) is 18.5. The van der Waals surface area contributed by atoms with Crippen LogP contribution in [0.15, 0.2) is 18.2 Å². The van der Waals surface area contributed by atoms with Crippen LogP contribution in [-0.4, -0.2) is 52.2 Å². The second kappa shape index (κ2) is 6.36. The summed E-state index contributed by atoms with van der Waals surface area (Å²) in [7, 11) is 0. The third-order valence-corrected chi connectivity index (χ3v) is 5.90. The highest BCUT2D eigenvalue weighted by molar-refractivity contribution is 5.92. The zero-order chi connectivity index (χ0) is 19.4. The second-order valence-electron chi connectivity index (χ2n) is 8.10. The van der Waals surface area contributed by atoms with Crippen LogP contribution >= 0.6 is 0 Å². The quantitative estimate of drug-likeness (QED) is 0.799. The number of fused-ring (bicyclic) bond motifs is 1. The number of hydrogen-bond acceptors (Lipinski definition) is 5. The molecule has 146 valence electrons. The molecule has 7 heteroatoms. The number of benzene rings is 1. The van der Waals surface area contributed by atoms with Crippen LogP contribution in [-0.2, 0) is 4.74 Å². The second-order valence-corrected chi connectivity index (χ2v) is 8.10. The van der Waals surface area contributed by atoms with Crippen LogP contribution in [0.1, 0.15) is 31.9 Å². The molecule has 0 bridgehead atoms. The van der Waals surface area contributed by atoms with Gasteiger partial charge in [0.2, 0.25) is 0 Å². The van der Waals surface area contributed by atoms with Crippen molar-refractivity contribution in [2.75, 3.05) is 24.6 Å². The summed E-state index contributed by atoms with van der Waals surface area (Å²) >= 11 is 0. The van der Waals surface area contributed by atoms with E-state index in [9.17, 15) is 19.0 Å². The maximum Gasteiger partial charge on any atom is 0.152 e. The van der Waals surface area contributed by atoms with Crippen LogP contribution < -0.4 is 4.90 Å². The molecule has 5 nitrogen and oxygen atoms in total. The van der Waals surface area contributed by atoms with Crippen molar-refractivity contribution < 1.29 is 23.7 Å². The number of hydrogen-bond donors (Lipinski definition) is 2. The Hall–Kier alpha value is -1.83. The van der Waals surface area contributed by atoms with Gasteiger partial charge in [-0.3, -0.25) is 0 Å². The average Bonchev–Trinajstić information content (AvgIpc) is 2.59. The molecule has 0 radical (unpaired) electrons. The van der Waals surface area contributed by atoms with Gasteiger partial charge in [0, 0.05) is 42.3 Å². The van der Waals surface area contributed by atoms with E-state index in [0.717, 1.165) is 11.8 Å². The molecular weight excluding hydrogens is 354 g/mol. The number of nitrogens with zero attached hydrogens (tertiary/aromatic N) is 2. The van der Waals surface area contributed by atoms with Gasteiger partial charge in [0.05, 0.1) is 17.8 Å². The molecule has 2 aliphatic heterocycles. The van der Waals surface area contributed by atoms with Crippen LogP contribution in [0.3, 0.4) is 0 Å². The lowest BCUT2D eigenvalue weighted by atomic mass is 9.76. The number of ether oxygens (including phenoxy) is 1. The number of rotatable bonds is 1. The summed E-state index contributed by atoms with van der Waals surface area (Å²) in [6.45, 7) is 4.80. The van der Waals surface area contributed by atoms with Crippen molar-refractivity contribution in [2.24, 2.45) is 0 Å². The molecule has 2 saturated heterocycles. The summed E-state index contributed by atoms with van der Waals surface area (Å²) in [4.78, 5) is 6.32. The van der Waals surface area contributed by atoms with Crippen molar-refractivity contribution in [2.45, 2.75) is 50.4 Å². The molecule has 2 aromatic rings. The first-order valence-corrected chi connectivity index (χ1v) is 9.25. The number of halogens is 2. The molecule has 1 aromatic carbocycles. The van der Waals surface area contributed by atoms with E-state index in [1.165, 1.54) is 6.07 Å². The highest BCUT2D eigenvalue weighted by Crippen LogP contribution is 2.41. The first-order valence-electron chi connectivity index (χ1n) is 9.25. The first-order chi connectivity index (χ1) is 12.7. The van der Waals surface area contributed by atoms with Gasteiger partial charge in [-0.2, -0.15) is 0 Å². The molecule has 2 aliphatic rings. The molecule has 3 heterocycles. The molecule has 0 amide bonds. The van der Waals surface area contributed by atoms with E-state index in [2.05, 4.69) is 9.88 Å². The van der Waals surface area contributed by atoms with Crippen LogP contribution in [0.2, 0.25) is 0 Å². The van der Waals surface area contributed by atoms with Gasteiger partial charge in [-0.1, -0.05) is 0 Å². The van der Waals surface area contributed by atoms with Crippen LogP contribution in [0.5, 0.6) is 0 Å². The average molecular weight is 378 g/mol. The predicted octanol–water partition coefficient (Wildman–Crippen LogP) is 2.69. The van der Waals surface area contributed by atoms with Crippen LogP contribution in [0, 0.1) is 18.6 Å². The van der Waals surface area contributed by atoms with Crippen LogP contribution in [0.25, 0.3) is 10.9 Å². The van der Waals surface area contributed by atoms with Crippen molar-refractivity contribution in [1.82, 2.24) is 4.98 Å². The van der Waals surface area contributed by atoms with E-state index in [1.807, 2.05) is 6.07 Å². The Morgan fingerprint density at radius 1 is 1.22 bits per heavy atom. The van der Waals surface area contributed by atoms with Crippen molar-refractivity contribution >= 4 is 16.6 Å². The normalized spacial score (nSPS) is 28.1. The molecule has 0 saturated carbocycles. The zero-order valence-electron chi connectivity index (χ0n) is 15.5. The van der Waals surface area contributed by atoms with E-state index < -0.39 is 28.9 Å².